The van der Waals surface area contributed by atoms with E-state index in [0.717, 1.165) is 35.5 Å². The van der Waals surface area contributed by atoms with Crippen molar-refractivity contribution in [3.05, 3.63) is 13.8 Å². The van der Waals surface area contributed by atoms with E-state index in [1.54, 1.807) is 19.3 Å². The summed E-state index contributed by atoms with van der Waals surface area (Å²) in [5.41, 5.74) is 1.87. The van der Waals surface area contributed by atoms with Crippen LogP contribution in [0.1, 0.15) is 157 Å². The molecule has 0 heterocycles. The van der Waals surface area contributed by atoms with Crippen molar-refractivity contribution in [1.82, 2.24) is 0 Å². The van der Waals surface area contributed by atoms with Crippen LogP contribution in [0.15, 0.2) is 0 Å². The molecule has 0 aromatic heterocycles. The molecule has 3 unspecified atom stereocenters. The number of hydrogen-bond donors (Lipinski definition) is 0. The van der Waals surface area contributed by atoms with Gasteiger partial charge in [-0.25, -0.2) is 0 Å². The van der Waals surface area contributed by atoms with Crippen molar-refractivity contribution >= 4 is 0 Å². The van der Waals surface area contributed by atoms with Crippen LogP contribution in [0.4, 0.5) is 0 Å². The predicted octanol–water partition coefficient (Wildman–Crippen LogP) is 12.3. The van der Waals surface area contributed by atoms with Gasteiger partial charge in [-0.2, -0.15) is 12.8 Å². The van der Waals surface area contributed by atoms with E-state index >= 15 is 0 Å². The molecule has 0 nitrogen and oxygen atoms in total. The Balaban J connectivity index is -0.000000541. The molecule has 4 aliphatic carbocycles. The maximum absolute atomic E-state index is 2.75. The summed E-state index contributed by atoms with van der Waals surface area (Å²) in [4.78, 5) is 0. The van der Waals surface area contributed by atoms with E-state index in [9.17, 15) is 0 Å². The Morgan fingerprint density at radius 1 is 0.857 bits per heavy atom. The number of hydrogen-bond acceptors (Lipinski definition) is 0. The largest absolute Gasteiger partial charge is 2.00 e. The molecular weight excluding hydrogens is 646 g/mol. The van der Waals surface area contributed by atoms with Crippen LogP contribution in [0.25, 0.3) is 0 Å². The van der Waals surface area contributed by atoms with E-state index in [2.05, 4.69) is 61.8 Å². The Labute approximate surface area is 252 Å². The van der Waals surface area contributed by atoms with Crippen molar-refractivity contribution in [2.24, 2.45) is 51.8 Å². The Morgan fingerprint density at radius 2 is 1.49 bits per heavy atom. The minimum atomic E-state index is 0. The second kappa shape index (κ2) is 15.6. The quantitative estimate of drug-likeness (QED) is 0.248. The van der Waals surface area contributed by atoms with Crippen LogP contribution in [-0.2, 0) is 0 Å². The zero-order valence-corrected chi connectivity index (χ0v) is 30.4. The number of fused-ring (bicyclic) bond motifs is 5. The van der Waals surface area contributed by atoms with Gasteiger partial charge in [-0.3, -0.25) is 0 Å². The Kier molecular flexibility index (Phi) is 16.1. The first-order chi connectivity index (χ1) is 15.6. The first-order valence-corrected chi connectivity index (χ1v) is 15.4. The van der Waals surface area contributed by atoms with E-state index in [1.165, 1.54) is 64.2 Å². The van der Waals surface area contributed by atoms with Gasteiger partial charge >= 0.3 is 31.1 Å². The summed E-state index contributed by atoms with van der Waals surface area (Å²) >= 11 is 0. The molecular formula is C34H72U. The van der Waals surface area contributed by atoms with Crippen molar-refractivity contribution in [1.29, 1.82) is 0 Å². The van der Waals surface area contributed by atoms with Crippen molar-refractivity contribution in [2.45, 2.75) is 153 Å². The second-order valence-corrected chi connectivity index (χ2v) is 13.7. The third-order valence-electron chi connectivity index (χ3n) is 11.3. The summed E-state index contributed by atoms with van der Waals surface area (Å²) in [5, 5.41) is 0. The molecule has 4 fully saturated rings. The molecule has 212 valence electrons. The topological polar surface area (TPSA) is 0 Å². The SMILES string of the molecule is CC.CC(C)CCC[C@@H](C)C1CCC2[C@@H]3CC[C@]4(C)C[CH-]CC[C@]4(C)C3CC[C@@]21C.CCC.[CH3-].[HH].[HH].[HH].[U+2]. The molecule has 0 spiro atoms. The van der Waals surface area contributed by atoms with Crippen LogP contribution in [-0.4, -0.2) is 0 Å². The molecule has 1 heteroatoms. The van der Waals surface area contributed by atoms with Crippen molar-refractivity contribution in [2.75, 3.05) is 0 Å². The summed E-state index contributed by atoms with van der Waals surface area (Å²) in [5.74, 6) is 5.93. The maximum atomic E-state index is 2.75. The summed E-state index contributed by atoms with van der Waals surface area (Å²) in [6.07, 6.45) is 21.7. The van der Waals surface area contributed by atoms with E-state index in [0.29, 0.717) is 16.2 Å². The first kappa shape index (κ1) is 36.1. The van der Waals surface area contributed by atoms with Gasteiger partial charge < -0.3 is 13.8 Å². The van der Waals surface area contributed by atoms with E-state index in [-0.39, 0.29) is 42.8 Å². The van der Waals surface area contributed by atoms with Gasteiger partial charge in [-0.05, 0) is 84.9 Å². The average Bonchev–Trinajstić information content (AvgIpc) is 3.13. The van der Waals surface area contributed by atoms with Gasteiger partial charge in [-0.1, -0.05) is 107 Å². The van der Waals surface area contributed by atoms with Gasteiger partial charge in [0.05, 0.1) is 0 Å². The molecule has 4 aliphatic rings. The van der Waals surface area contributed by atoms with Crippen LogP contribution in [0.5, 0.6) is 0 Å². The average molecular weight is 719 g/mol. The summed E-state index contributed by atoms with van der Waals surface area (Å²) in [7, 11) is 0. The smallest absolute Gasteiger partial charge is 0.358 e. The normalized spacial score (nSPS) is 40.2. The molecule has 35 heavy (non-hydrogen) atoms. The third-order valence-corrected chi connectivity index (χ3v) is 11.3. The molecule has 0 aromatic rings. The van der Waals surface area contributed by atoms with Gasteiger partial charge in [-0.15, -0.1) is 0 Å². The third kappa shape index (κ3) is 7.38. The molecule has 8 atom stereocenters. The number of rotatable bonds is 5. The monoisotopic (exact) mass is 719 g/mol. The fourth-order valence-corrected chi connectivity index (χ4v) is 9.37. The van der Waals surface area contributed by atoms with Gasteiger partial charge in [0.15, 0.2) is 0 Å². The second-order valence-electron chi connectivity index (χ2n) is 13.7. The molecule has 0 aromatic carbocycles. The predicted molar refractivity (Wildman–Crippen MR) is 162 cm³/mol. The Hall–Kier alpha value is 1.05. The fourth-order valence-electron chi connectivity index (χ4n) is 9.37. The van der Waals surface area contributed by atoms with Gasteiger partial charge in [0.1, 0.15) is 0 Å². The maximum Gasteiger partial charge on any atom is 2.00 e. The Bertz CT molecular complexity index is 584. The zero-order chi connectivity index (χ0) is 24.9. The van der Waals surface area contributed by atoms with Crippen molar-refractivity contribution < 1.29 is 35.4 Å². The van der Waals surface area contributed by atoms with Crippen LogP contribution in [0.2, 0.25) is 0 Å². The van der Waals surface area contributed by atoms with Crippen molar-refractivity contribution in [3.63, 3.8) is 0 Å². The van der Waals surface area contributed by atoms with Crippen molar-refractivity contribution in [3.8, 4) is 0 Å². The van der Waals surface area contributed by atoms with Gasteiger partial charge in [0.2, 0.25) is 0 Å². The van der Waals surface area contributed by atoms with Crippen LogP contribution in [0.3, 0.4) is 0 Å². The molecule has 4 rings (SSSR count). The molecule has 0 amide bonds. The molecule has 0 saturated heterocycles. The van der Waals surface area contributed by atoms with Gasteiger partial charge in [0.25, 0.3) is 0 Å². The van der Waals surface area contributed by atoms with E-state index in [1.807, 2.05) is 13.8 Å². The molecule has 0 bridgehead atoms. The van der Waals surface area contributed by atoms with E-state index in [4.69, 9.17) is 0 Å². The standard InChI is InChI=1S/C28H49.C3H8.C2H6.CH3.U.3H2/c1-20(2)10-9-11-21(3)23-12-13-24-22-14-18-26(4)16-7-8-17-28(26,6)25(22)15-19-27(23,24)5;1-3-2;1-2;;;;;/h7,20-25H,8-19H2,1-6H3;3H2,1-2H3;1-2H3;1H3;;3*1H/q-1;;;-1;+2;;;/t21-,22+,23?,24?,25?,26+,27-,28-;;;;;;;/m1......./s1. The zero-order valence-electron chi connectivity index (χ0n) is 26.2. The minimum Gasteiger partial charge on any atom is -0.358 e. The van der Waals surface area contributed by atoms with Crippen LogP contribution >= 0.6 is 0 Å². The fraction of sp³-hybridized carbons (Fsp3) is 0.941. The van der Waals surface area contributed by atoms with E-state index < -0.39 is 0 Å². The first-order valence-electron chi connectivity index (χ1n) is 15.4. The molecule has 4 saturated carbocycles. The molecule has 0 radical (unpaired) electrons. The molecule has 0 aliphatic heterocycles. The van der Waals surface area contributed by atoms with Crippen LogP contribution in [0, 0.1) is 96.7 Å². The van der Waals surface area contributed by atoms with Crippen LogP contribution < -0.4 is 0 Å². The summed E-state index contributed by atoms with van der Waals surface area (Å²) < 4.78 is 0. The van der Waals surface area contributed by atoms with Gasteiger partial charge in [0, 0.05) is 4.28 Å². The summed E-state index contributed by atoms with van der Waals surface area (Å²) in [6, 6.07) is 0. The Morgan fingerprint density at radius 3 is 2.09 bits per heavy atom. The molecule has 0 N–H and O–H groups in total. The summed E-state index contributed by atoms with van der Waals surface area (Å²) in [6.45, 7) is 23.8. The minimum absolute atomic E-state index is 0.